The Morgan fingerprint density at radius 3 is 2.29 bits per heavy atom. The van der Waals surface area contributed by atoms with Crippen molar-refractivity contribution in [1.82, 2.24) is 16.0 Å². The van der Waals surface area contributed by atoms with E-state index in [1.807, 2.05) is 24.3 Å². The summed E-state index contributed by atoms with van der Waals surface area (Å²) in [6.45, 7) is 0.749. The van der Waals surface area contributed by atoms with Crippen LogP contribution in [0.25, 0.3) is 11.1 Å². The van der Waals surface area contributed by atoms with Crippen LogP contribution in [0.4, 0.5) is 4.79 Å². The summed E-state index contributed by atoms with van der Waals surface area (Å²) in [5.74, 6) is -0.105. The Bertz CT molecular complexity index is 1050. The molecule has 2 aromatic rings. The van der Waals surface area contributed by atoms with E-state index < -0.39 is 17.7 Å². The van der Waals surface area contributed by atoms with E-state index in [4.69, 9.17) is 4.74 Å². The second-order valence-corrected chi connectivity index (χ2v) is 9.55. The summed E-state index contributed by atoms with van der Waals surface area (Å²) in [5.41, 5.74) is 4.08. The number of alkyl carbamates (subject to hydrolysis) is 1. The lowest BCUT2D eigenvalue weighted by Crippen LogP contribution is -2.68. The van der Waals surface area contributed by atoms with Gasteiger partial charge in [-0.3, -0.25) is 9.59 Å². The Morgan fingerprint density at radius 1 is 0.971 bits per heavy atom. The second kappa shape index (κ2) is 9.49. The van der Waals surface area contributed by atoms with Crippen molar-refractivity contribution < 1.29 is 19.1 Å². The Kier molecular flexibility index (Phi) is 6.26. The van der Waals surface area contributed by atoms with Crippen molar-refractivity contribution in [3.05, 3.63) is 59.7 Å². The van der Waals surface area contributed by atoms with Crippen molar-refractivity contribution in [1.29, 1.82) is 0 Å². The van der Waals surface area contributed by atoms with E-state index in [1.54, 1.807) is 0 Å². The Balaban J connectivity index is 1.04. The largest absolute Gasteiger partial charge is 0.449 e. The summed E-state index contributed by atoms with van der Waals surface area (Å²) in [5, 5.41) is 8.67. The van der Waals surface area contributed by atoms with Crippen molar-refractivity contribution in [3.8, 4) is 11.1 Å². The molecule has 2 aromatic carbocycles. The number of hydrogen-bond donors (Lipinski definition) is 3. The summed E-state index contributed by atoms with van der Waals surface area (Å²) in [6.07, 6.45) is 4.93. The summed E-state index contributed by atoms with van der Waals surface area (Å²) in [4.78, 5) is 37.2. The fraction of sp³-hybridized carbons (Fsp3) is 0.444. The average Bonchev–Trinajstić information content (AvgIpc) is 3.44. The Morgan fingerprint density at radius 2 is 1.62 bits per heavy atom. The van der Waals surface area contributed by atoms with Gasteiger partial charge in [-0.2, -0.15) is 0 Å². The summed E-state index contributed by atoms with van der Waals surface area (Å²) in [6, 6.07) is 16.0. The molecule has 2 fully saturated rings. The van der Waals surface area contributed by atoms with Crippen LogP contribution in [0.15, 0.2) is 48.5 Å². The van der Waals surface area contributed by atoms with Crippen LogP contribution in [-0.2, 0) is 14.3 Å². The molecular formula is C27H31N3O4. The van der Waals surface area contributed by atoms with Crippen LogP contribution in [0.2, 0.25) is 0 Å². The molecule has 3 amide bonds. The number of benzene rings is 2. The highest BCUT2D eigenvalue weighted by Crippen LogP contribution is 2.44. The third-order valence-electron chi connectivity index (χ3n) is 7.41. The van der Waals surface area contributed by atoms with Crippen molar-refractivity contribution in [3.63, 3.8) is 0 Å². The minimum Gasteiger partial charge on any atom is -0.449 e. The number of unbranched alkanes of at least 4 members (excludes halogenated alkanes) is 1. The van der Waals surface area contributed by atoms with Gasteiger partial charge in [0.25, 0.3) is 0 Å². The van der Waals surface area contributed by atoms with Gasteiger partial charge in [0.05, 0.1) is 0 Å². The SMILES string of the molecule is O=C(NCCCC[C@@H]1NC(=O)C2(CCCC2)NC1=O)OCC1c2ccccc2-c2ccccc21. The normalized spacial score (nSPS) is 20.4. The average molecular weight is 462 g/mol. The fourth-order valence-electron chi connectivity index (χ4n) is 5.59. The van der Waals surface area contributed by atoms with E-state index in [0.717, 1.165) is 32.1 Å². The monoisotopic (exact) mass is 461 g/mol. The van der Waals surface area contributed by atoms with Crippen molar-refractivity contribution in [2.45, 2.75) is 62.4 Å². The lowest BCUT2D eigenvalue weighted by molar-refractivity contribution is -0.141. The van der Waals surface area contributed by atoms with Gasteiger partial charge in [0, 0.05) is 12.5 Å². The zero-order valence-electron chi connectivity index (χ0n) is 19.3. The third kappa shape index (κ3) is 4.27. The third-order valence-corrected chi connectivity index (χ3v) is 7.41. The van der Waals surface area contributed by atoms with Crippen molar-refractivity contribution >= 4 is 17.9 Å². The molecule has 0 unspecified atom stereocenters. The maximum Gasteiger partial charge on any atom is 0.407 e. The summed E-state index contributed by atoms with van der Waals surface area (Å²) in [7, 11) is 0. The molecule has 7 nitrogen and oxygen atoms in total. The lowest BCUT2D eigenvalue weighted by atomic mass is 9.91. The van der Waals surface area contributed by atoms with E-state index in [1.165, 1.54) is 22.3 Å². The number of fused-ring (bicyclic) bond motifs is 3. The number of nitrogens with one attached hydrogen (secondary N) is 3. The number of carbonyl (C=O) groups excluding carboxylic acids is 3. The molecule has 1 heterocycles. The molecule has 178 valence electrons. The van der Waals surface area contributed by atoms with Crippen LogP contribution in [0.3, 0.4) is 0 Å². The molecule has 1 spiro atoms. The molecule has 5 rings (SSSR count). The van der Waals surface area contributed by atoms with Gasteiger partial charge in [-0.15, -0.1) is 0 Å². The number of amides is 3. The number of rotatable bonds is 7. The highest BCUT2D eigenvalue weighted by atomic mass is 16.5. The smallest absolute Gasteiger partial charge is 0.407 e. The van der Waals surface area contributed by atoms with Crippen LogP contribution in [0.1, 0.15) is 62.0 Å². The minimum atomic E-state index is -0.681. The van der Waals surface area contributed by atoms with Crippen LogP contribution >= 0.6 is 0 Å². The molecule has 1 saturated heterocycles. The zero-order valence-corrected chi connectivity index (χ0v) is 19.3. The molecule has 0 radical (unpaired) electrons. The topological polar surface area (TPSA) is 96.5 Å². The van der Waals surface area contributed by atoms with Crippen molar-refractivity contribution in [2.24, 2.45) is 0 Å². The molecule has 1 atom stereocenters. The lowest BCUT2D eigenvalue weighted by Gasteiger charge is -2.37. The first-order valence-electron chi connectivity index (χ1n) is 12.3. The number of hydrogen-bond acceptors (Lipinski definition) is 4. The molecule has 0 bridgehead atoms. The maximum absolute atomic E-state index is 12.5. The molecule has 3 aliphatic rings. The van der Waals surface area contributed by atoms with Crippen LogP contribution in [0.5, 0.6) is 0 Å². The second-order valence-electron chi connectivity index (χ2n) is 9.55. The number of piperazine rings is 1. The van der Waals surface area contributed by atoms with Gasteiger partial charge in [0.15, 0.2) is 0 Å². The molecule has 34 heavy (non-hydrogen) atoms. The minimum absolute atomic E-state index is 0.0368. The van der Waals surface area contributed by atoms with Crippen LogP contribution in [0, 0.1) is 0 Å². The molecule has 1 saturated carbocycles. The van der Waals surface area contributed by atoms with E-state index in [0.29, 0.717) is 19.4 Å². The van der Waals surface area contributed by atoms with Crippen molar-refractivity contribution in [2.75, 3.05) is 13.2 Å². The first-order valence-corrected chi connectivity index (χ1v) is 12.3. The van der Waals surface area contributed by atoms with Crippen LogP contribution in [-0.4, -0.2) is 42.6 Å². The highest BCUT2D eigenvalue weighted by molar-refractivity contribution is 6.00. The first-order chi connectivity index (χ1) is 16.6. The fourth-order valence-corrected chi connectivity index (χ4v) is 5.59. The van der Waals surface area contributed by atoms with Gasteiger partial charge in [0.2, 0.25) is 11.8 Å². The van der Waals surface area contributed by atoms with Gasteiger partial charge in [-0.25, -0.2) is 4.79 Å². The quantitative estimate of drug-likeness (QED) is 0.549. The predicted octanol–water partition coefficient (Wildman–Crippen LogP) is 3.62. The van der Waals surface area contributed by atoms with Gasteiger partial charge in [-0.1, -0.05) is 61.4 Å². The van der Waals surface area contributed by atoms with Gasteiger partial charge in [-0.05, 0) is 54.4 Å². The van der Waals surface area contributed by atoms with Crippen LogP contribution < -0.4 is 16.0 Å². The Labute approximate surface area is 199 Å². The van der Waals surface area contributed by atoms with E-state index >= 15 is 0 Å². The molecule has 1 aliphatic heterocycles. The predicted molar refractivity (Wildman–Crippen MR) is 128 cm³/mol. The van der Waals surface area contributed by atoms with Gasteiger partial charge in [0.1, 0.15) is 18.2 Å². The maximum atomic E-state index is 12.5. The standard InChI is InChI=1S/C27H31N3O4/c31-24-23(29-25(32)27(30-24)14-6-7-15-27)13-5-8-16-28-26(33)34-17-22-20-11-3-1-9-18(20)19-10-2-4-12-21(19)22/h1-4,9-12,22-23H,5-8,13-17H2,(H,28,33)(H,29,32)(H,30,31)/t23-/m0/s1. The highest BCUT2D eigenvalue weighted by Gasteiger charge is 2.47. The molecule has 3 N–H and O–H groups in total. The first kappa shape index (κ1) is 22.4. The molecule has 0 aromatic heterocycles. The number of ether oxygens (including phenoxy) is 1. The zero-order chi connectivity index (χ0) is 23.5. The Hall–Kier alpha value is -3.35. The molecule has 2 aliphatic carbocycles. The van der Waals surface area contributed by atoms with E-state index in [2.05, 4.69) is 40.2 Å². The molecule has 7 heteroatoms. The number of carbonyl (C=O) groups is 3. The van der Waals surface area contributed by atoms with E-state index in [9.17, 15) is 14.4 Å². The van der Waals surface area contributed by atoms with E-state index in [-0.39, 0.29) is 24.3 Å². The molecular weight excluding hydrogens is 430 g/mol. The van der Waals surface area contributed by atoms with Gasteiger partial charge < -0.3 is 20.7 Å². The van der Waals surface area contributed by atoms with Gasteiger partial charge >= 0.3 is 6.09 Å². The summed E-state index contributed by atoms with van der Waals surface area (Å²) >= 11 is 0. The summed E-state index contributed by atoms with van der Waals surface area (Å²) < 4.78 is 5.55.